The zero-order valence-corrected chi connectivity index (χ0v) is 13.1. The number of aliphatic carboxylic acids is 1. The molecule has 7 heteroatoms. The van der Waals surface area contributed by atoms with E-state index in [1.54, 1.807) is 0 Å². The number of nitrogens with zero attached hydrogens (tertiary/aromatic N) is 1. The minimum absolute atomic E-state index is 0.0543. The van der Waals surface area contributed by atoms with Crippen molar-refractivity contribution in [3.63, 3.8) is 0 Å². The average Bonchev–Trinajstić information content (AvgIpc) is 2.37. The fourth-order valence-corrected chi connectivity index (χ4v) is 2.96. The highest BCUT2D eigenvalue weighted by Crippen LogP contribution is 2.11. The Balaban J connectivity index is 2.16. The topological polar surface area (TPSA) is 81.7 Å². The molecule has 1 rings (SSSR count). The van der Waals surface area contributed by atoms with Gasteiger partial charge in [0.25, 0.3) is 0 Å². The Kier molecular flexibility index (Phi) is 7.15. The number of carboxylic acid groups (broad SMARTS) is 1. The number of carboxylic acids is 1. The molecule has 6 nitrogen and oxygen atoms in total. The molecule has 1 aliphatic heterocycles. The highest BCUT2D eigenvalue weighted by atomic mass is 32.2. The van der Waals surface area contributed by atoms with Crippen molar-refractivity contribution >= 4 is 23.8 Å². The molecular weight excluding hydrogens is 278 g/mol. The molecule has 0 saturated carbocycles. The Morgan fingerprint density at radius 3 is 2.55 bits per heavy atom. The number of nitrogens with one attached hydrogen (secondary N) is 2. The monoisotopic (exact) mass is 303 g/mol. The highest BCUT2D eigenvalue weighted by molar-refractivity contribution is 7.99. The number of rotatable bonds is 7. The maximum atomic E-state index is 11.8. The summed E-state index contributed by atoms with van der Waals surface area (Å²) in [5, 5.41) is 14.3. The van der Waals surface area contributed by atoms with Crippen LogP contribution >= 0.6 is 11.8 Å². The van der Waals surface area contributed by atoms with Gasteiger partial charge >= 0.3 is 12.0 Å². The predicted molar refractivity (Wildman–Crippen MR) is 81.2 cm³/mol. The summed E-state index contributed by atoms with van der Waals surface area (Å²) in [7, 11) is 0. The second kappa shape index (κ2) is 8.36. The second-order valence-corrected chi connectivity index (χ2v) is 6.84. The van der Waals surface area contributed by atoms with E-state index in [9.17, 15) is 9.59 Å². The molecule has 1 saturated heterocycles. The van der Waals surface area contributed by atoms with E-state index in [1.165, 1.54) is 0 Å². The SMILES string of the molecule is CC(C)(CCC(=O)O)NC(=O)NCCN1CCSCC1. The standard InChI is InChI=1S/C13H25N3O3S/c1-13(2,4-3-11(17)18)15-12(19)14-5-6-16-7-9-20-10-8-16/h3-10H2,1-2H3,(H,17,18)(H2,14,15,19). The lowest BCUT2D eigenvalue weighted by Gasteiger charge is -2.28. The van der Waals surface area contributed by atoms with E-state index in [1.807, 2.05) is 25.6 Å². The molecule has 20 heavy (non-hydrogen) atoms. The normalized spacial score (nSPS) is 16.7. The molecule has 0 radical (unpaired) electrons. The lowest BCUT2D eigenvalue weighted by molar-refractivity contribution is -0.137. The quantitative estimate of drug-likeness (QED) is 0.653. The molecule has 2 amide bonds. The van der Waals surface area contributed by atoms with Gasteiger partial charge in [0.2, 0.25) is 0 Å². The number of urea groups is 1. The van der Waals surface area contributed by atoms with Crippen LogP contribution in [-0.4, -0.2) is 65.2 Å². The van der Waals surface area contributed by atoms with E-state index in [4.69, 9.17) is 5.11 Å². The maximum absolute atomic E-state index is 11.8. The van der Waals surface area contributed by atoms with E-state index in [0.29, 0.717) is 13.0 Å². The predicted octanol–water partition coefficient (Wildman–Crippen LogP) is 0.978. The van der Waals surface area contributed by atoms with Crippen LogP contribution in [0.15, 0.2) is 0 Å². The van der Waals surface area contributed by atoms with Gasteiger partial charge in [0.15, 0.2) is 0 Å². The van der Waals surface area contributed by atoms with Crippen molar-refractivity contribution in [2.45, 2.75) is 32.2 Å². The molecule has 0 aromatic carbocycles. The first-order valence-corrected chi connectivity index (χ1v) is 8.12. The number of carbonyl (C=O) groups is 2. The molecule has 0 atom stereocenters. The van der Waals surface area contributed by atoms with Crippen LogP contribution in [-0.2, 0) is 4.79 Å². The second-order valence-electron chi connectivity index (χ2n) is 5.61. The summed E-state index contributed by atoms with van der Waals surface area (Å²) >= 11 is 1.96. The van der Waals surface area contributed by atoms with Gasteiger partial charge in [0.1, 0.15) is 0 Å². The van der Waals surface area contributed by atoms with Crippen LogP contribution in [0.1, 0.15) is 26.7 Å². The van der Waals surface area contributed by atoms with Crippen LogP contribution in [0.3, 0.4) is 0 Å². The van der Waals surface area contributed by atoms with Crippen molar-refractivity contribution in [2.24, 2.45) is 0 Å². The molecule has 1 fully saturated rings. The number of hydrogen-bond donors (Lipinski definition) is 3. The third kappa shape index (κ3) is 7.59. The lowest BCUT2D eigenvalue weighted by Crippen LogP contribution is -2.50. The van der Waals surface area contributed by atoms with Gasteiger partial charge in [-0.3, -0.25) is 9.69 Å². The molecule has 0 bridgehead atoms. The van der Waals surface area contributed by atoms with E-state index >= 15 is 0 Å². The zero-order valence-electron chi connectivity index (χ0n) is 12.3. The number of amides is 2. The summed E-state index contributed by atoms with van der Waals surface area (Å²) < 4.78 is 0. The first-order valence-electron chi connectivity index (χ1n) is 6.97. The molecule has 1 aliphatic rings. The Morgan fingerprint density at radius 1 is 1.30 bits per heavy atom. The highest BCUT2D eigenvalue weighted by Gasteiger charge is 2.21. The van der Waals surface area contributed by atoms with Gasteiger partial charge in [-0.2, -0.15) is 11.8 Å². The smallest absolute Gasteiger partial charge is 0.315 e. The van der Waals surface area contributed by atoms with Gasteiger partial charge in [-0.15, -0.1) is 0 Å². The molecule has 116 valence electrons. The van der Waals surface area contributed by atoms with Crippen molar-refractivity contribution in [1.29, 1.82) is 0 Å². The van der Waals surface area contributed by atoms with Crippen LogP contribution in [0, 0.1) is 0 Å². The fourth-order valence-electron chi connectivity index (χ4n) is 1.99. The van der Waals surface area contributed by atoms with E-state index in [0.717, 1.165) is 31.1 Å². The van der Waals surface area contributed by atoms with Gasteiger partial charge < -0.3 is 15.7 Å². The minimum atomic E-state index is -0.844. The molecule has 0 aromatic heterocycles. The molecule has 0 aliphatic carbocycles. The Labute approximate surface area is 124 Å². The van der Waals surface area contributed by atoms with Crippen molar-refractivity contribution in [1.82, 2.24) is 15.5 Å². The largest absolute Gasteiger partial charge is 0.481 e. The first kappa shape index (κ1) is 17.1. The summed E-state index contributed by atoms with van der Waals surface area (Å²) in [5.41, 5.74) is -0.510. The van der Waals surface area contributed by atoms with Gasteiger partial charge in [0, 0.05) is 49.6 Å². The molecular formula is C13H25N3O3S. The molecule has 3 N–H and O–H groups in total. The first-order chi connectivity index (χ1) is 9.39. The summed E-state index contributed by atoms with van der Waals surface area (Å²) in [4.78, 5) is 24.6. The number of thioether (sulfide) groups is 1. The van der Waals surface area contributed by atoms with Gasteiger partial charge in [-0.25, -0.2) is 4.79 Å². The third-order valence-corrected chi connectivity index (χ3v) is 4.18. The molecule has 0 unspecified atom stereocenters. The van der Waals surface area contributed by atoms with Gasteiger partial charge in [0.05, 0.1) is 0 Å². The average molecular weight is 303 g/mol. The van der Waals surface area contributed by atoms with E-state index in [-0.39, 0.29) is 12.5 Å². The van der Waals surface area contributed by atoms with Gasteiger partial charge in [-0.05, 0) is 20.3 Å². The Hall–Kier alpha value is -0.950. The van der Waals surface area contributed by atoms with E-state index in [2.05, 4.69) is 15.5 Å². The lowest BCUT2D eigenvalue weighted by atomic mass is 9.99. The van der Waals surface area contributed by atoms with Crippen LogP contribution in [0.2, 0.25) is 0 Å². The van der Waals surface area contributed by atoms with Crippen molar-refractivity contribution in [3.05, 3.63) is 0 Å². The van der Waals surface area contributed by atoms with Crippen molar-refractivity contribution < 1.29 is 14.7 Å². The van der Waals surface area contributed by atoms with Crippen LogP contribution in [0.5, 0.6) is 0 Å². The minimum Gasteiger partial charge on any atom is -0.481 e. The summed E-state index contributed by atoms with van der Waals surface area (Å²) in [5.74, 6) is 1.48. The summed E-state index contributed by atoms with van der Waals surface area (Å²) in [6.07, 6.45) is 0.470. The van der Waals surface area contributed by atoms with Crippen LogP contribution in [0.25, 0.3) is 0 Å². The van der Waals surface area contributed by atoms with Crippen LogP contribution in [0.4, 0.5) is 4.79 Å². The summed E-state index contributed by atoms with van der Waals surface area (Å²) in [6.45, 7) is 7.31. The maximum Gasteiger partial charge on any atom is 0.315 e. The third-order valence-electron chi connectivity index (χ3n) is 3.23. The van der Waals surface area contributed by atoms with Crippen molar-refractivity contribution in [3.8, 4) is 0 Å². The van der Waals surface area contributed by atoms with Crippen LogP contribution < -0.4 is 10.6 Å². The zero-order chi connectivity index (χ0) is 15.0. The van der Waals surface area contributed by atoms with E-state index < -0.39 is 11.5 Å². The molecule has 1 heterocycles. The summed E-state index contributed by atoms with van der Waals surface area (Å²) in [6, 6.07) is -0.230. The Morgan fingerprint density at radius 2 is 1.95 bits per heavy atom. The fraction of sp³-hybridized carbons (Fsp3) is 0.846. The van der Waals surface area contributed by atoms with Crippen molar-refractivity contribution in [2.75, 3.05) is 37.7 Å². The number of hydrogen-bond acceptors (Lipinski definition) is 4. The molecule has 0 aromatic rings. The Bertz CT molecular complexity index is 331. The molecule has 0 spiro atoms. The van der Waals surface area contributed by atoms with Gasteiger partial charge in [-0.1, -0.05) is 0 Å². The number of carbonyl (C=O) groups excluding carboxylic acids is 1.